The van der Waals surface area contributed by atoms with Crippen LogP contribution in [0.1, 0.15) is 0 Å². The molecule has 4 aromatic rings. The Bertz CT molecular complexity index is 1290. The predicted molar refractivity (Wildman–Crippen MR) is 172 cm³/mol. The monoisotopic (exact) mass is 588 g/mol. The Kier molecular flexibility index (Phi) is 9.09. The van der Waals surface area contributed by atoms with Crippen molar-refractivity contribution in [3.63, 3.8) is 0 Å². The maximum Gasteiger partial charge on any atom is 0.398 e. The van der Waals surface area contributed by atoms with Crippen molar-refractivity contribution in [2.75, 3.05) is 7.11 Å². The second-order valence-electron chi connectivity index (χ2n) is 11.1. The lowest BCUT2D eigenvalue weighted by Crippen LogP contribution is -2.68. The highest BCUT2D eigenvalue weighted by molar-refractivity contribution is 6.99. The molecule has 4 nitrogen and oxygen atoms in total. The molecule has 0 N–H and O–H groups in total. The van der Waals surface area contributed by atoms with Gasteiger partial charge in [0, 0.05) is 7.11 Å². The average Bonchev–Trinajstić information content (AvgIpc) is 2.92. The molecule has 0 fully saturated rings. The molecule has 0 aliphatic heterocycles. The molecule has 0 bridgehead atoms. The van der Waals surface area contributed by atoms with Crippen LogP contribution in [0.4, 0.5) is 0 Å². The molecule has 0 amide bonds. The summed E-state index contributed by atoms with van der Waals surface area (Å²) in [7, 11) is -8.80. The zero-order chi connectivity index (χ0) is 28.2. The molecule has 8 heteroatoms. The van der Waals surface area contributed by atoms with Crippen LogP contribution in [0.5, 0.6) is 0 Å². The summed E-state index contributed by atoms with van der Waals surface area (Å²) in [6.07, 6.45) is 0. The molecule has 39 heavy (non-hydrogen) atoms. The molecule has 0 aromatic heterocycles. The Morgan fingerprint density at radius 2 is 0.821 bits per heavy atom. The summed E-state index contributed by atoms with van der Waals surface area (Å²) in [6.45, 7) is 13.0. The smallest absolute Gasteiger partial charge is 0.398 e. The fourth-order valence-corrected chi connectivity index (χ4v) is 23.5. The zero-order valence-electron chi connectivity index (χ0n) is 24.1. The van der Waals surface area contributed by atoms with Crippen LogP contribution >= 0.6 is 0 Å². The van der Waals surface area contributed by atoms with Crippen LogP contribution < -0.4 is 15.6 Å². The van der Waals surface area contributed by atoms with E-state index in [9.17, 15) is 0 Å². The van der Waals surface area contributed by atoms with Crippen molar-refractivity contribution in [1.82, 2.24) is 0 Å². The van der Waals surface area contributed by atoms with Crippen molar-refractivity contribution in [1.29, 1.82) is 0 Å². The van der Waals surface area contributed by atoms with Crippen LogP contribution in [0, 0.1) is 0 Å². The van der Waals surface area contributed by atoms with Crippen LogP contribution in [0.3, 0.4) is 0 Å². The largest absolute Gasteiger partial charge is 0.433 e. The third-order valence-corrected chi connectivity index (χ3v) is 22.2. The van der Waals surface area contributed by atoms with E-state index in [4.69, 9.17) is 16.8 Å². The topological polar surface area (TPSA) is 36.9 Å². The Hall–Kier alpha value is -2.41. The lowest BCUT2D eigenvalue weighted by molar-refractivity contribution is 0.277. The summed E-state index contributed by atoms with van der Waals surface area (Å²) in [5.41, 5.74) is 2.43. The first kappa shape index (κ1) is 29.6. The molecule has 4 aromatic carbocycles. The molecule has 4 rings (SSSR count). The van der Waals surface area contributed by atoms with Gasteiger partial charge in [-0.05, 0) is 66.0 Å². The van der Waals surface area contributed by atoms with Gasteiger partial charge in [0.1, 0.15) is 0 Å². The Labute approximate surface area is 238 Å². The van der Waals surface area contributed by atoms with Crippen molar-refractivity contribution in [3.8, 4) is 11.1 Å². The van der Waals surface area contributed by atoms with Crippen LogP contribution in [0.15, 0.2) is 115 Å². The van der Waals surface area contributed by atoms with E-state index in [1.54, 1.807) is 7.11 Å². The molecule has 0 heterocycles. The Morgan fingerprint density at radius 1 is 0.410 bits per heavy atom. The third-order valence-electron chi connectivity index (χ3n) is 6.66. The van der Waals surface area contributed by atoms with Gasteiger partial charge in [0.15, 0.2) is 0 Å². The van der Waals surface area contributed by atoms with E-state index < -0.39 is 34.0 Å². The Morgan fingerprint density at radius 3 is 1.28 bits per heavy atom. The number of hydrogen-bond acceptors (Lipinski definition) is 4. The first-order chi connectivity index (χ1) is 18.5. The van der Waals surface area contributed by atoms with Gasteiger partial charge in [0.2, 0.25) is 8.32 Å². The molecule has 0 saturated heterocycles. The molecule has 0 atom stereocenters. The SMILES string of the molecule is CO[Si](O[Si](C)(C)O[Si](C)(C)O[Si](C)(C)c1ccc(-c2ccccc2)cc1)(c1ccccc1)c1ccccc1. The van der Waals surface area contributed by atoms with Gasteiger partial charge in [0.05, 0.1) is 0 Å². The van der Waals surface area contributed by atoms with Gasteiger partial charge in [-0.3, -0.25) is 0 Å². The van der Waals surface area contributed by atoms with Crippen LogP contribution in [0.25, 0.3) is 11.1 Å². The first-order valence-electron chi connectivity index (χ1n) is 13.4. The van der Waals surface area contributed by atoms with Crippen molar-refractivity contribution in [3.05, 3.63) is 115 Å². The minimum Gasteiger partial charge on any atom is -0.433 e. The highest BCUT2D eigenvalue weighted by atomic mass is 28.5. The summed E-state index contributed by atoms with van der Waals surface area (Å²) in [5.74, 6) is 0. The second kappa shape index (κ2) is 12.0. The number of hydrogen-bond donors (Lipinski definition) is 0. The lowest BCUT2D eigenvalue weighted by Gasteiger charge is -2.42. The molecule has 0 radical (unpaired) electrons. The normalized spacial score (nSPS) is 12.9. The van der Waals surface area contributed by atoms with Gasteiger partial charge in [-0.25, -0.2) is 0 Å². The fraction of sp³-hybridized carbons (Fsp3) is 0.226. The number of benzene rings is 4. The molecule has 204 valence electrons. The van der Waals surface area contributed by atoms with Gasteiger partial charge in [0.25, 0.3) is 0 Å². The first-order valence-corrected chi connectivity index (χ1v) is 23.7. The summed E-state index contributed by atoms with van der Waals surface area (Å²) in [5, 5.41) is 3.38. The second-order valence-corrected chi connectivity index (χ2v) is 25.6. The van der Waals surface area contributed by atoms with Gasteiger partial charge >= 0.3 is 25.7 Å². The molecule has 0 unspecified atom stereocenters. The zero-order valence-corrected chi connectivity index (χ0v) is 28.1. The summed E-state index contributed by atoms with van der Waals surface area (Å²) in [4.78, 5) is 0. The van der Waals surface area contributed by atoms with Crippen LogP contribution in [-0.4, -0.2) is 41.1 Å². The Balaban J connectivity index is 1.55. The molecule has 0 aliphatic carbocycles. The van der Waals surface area contributed by atoms with Crippen LogP contribution in [0.2, 0.25) is 39.3 Å². The van der Waals surface area contributed by atoms with E-state index in [-0.39, 0.29) is 0 Å². The van der Waals surface area contributed by atoms with Crippen molar-refractivity contribution < 1.29 is 16.8 Å². The highest BCUT2D eigenvalue weighted by Gasteiger charge is 2.50. The highest BCUT2D eigenvalue weighted by Crippen LogP contribution is 2.25. The summed E-state index contributed by atoms with van der Waals surface area (Å²) in [6, 6.07) is 39.9. The maximum absolute atomic E-state index is 7.07. The van der Waals surface area contributed by atoms with Crippen LogP contribution in [-0.2, 0) is 16.8 Å². The van der Waals surface area contributed by atoms with Crippen molar-refractivity contribution in [2.45, 2.75) is 39.3 Å². The molecule has 0 saturated carbocycles. The van der Waals surface area contributed by atoms with Gasteiger partial charge < -0.3 is 16.8 Å². The molecule has 0 spiro atoms. The predicted octanol–water partition coefficient (Wildman–Crippen LogP) is 6.12. The quantitative estimate of drug-likeness (QED) is 0.198. The molecular weight excluding hydrogens is 549 g/mol. The minimum atomic E-state index is -3.00. The summed E-state index contributed by atoms with van der Waals surface area (Å²) >= 11 is 0. The average molecular weight is 589 g/mol. The van der Waals surface area contributed by atoms with E-state index in [0.29, 0.717) is 0 Å². The van der Waals surface area contributed by atoms with E-state index in [1.165, 1.54) is 16.3 Å². The maximum atomic E-state index is 7.07. The van der Waals surface area contributed by atoms with Gasteiger partial charge in [-0.15, -0.1) is 0 Å². The van der Waals surface area contributed by atoms with Crippen molar-refractivity contribution >= 4 is 49.6 Å². The minimum absolute atomic E-state index is 1.07. The van der Waals surface area contributed by atoms with Gasteiger partial charge in [-0.2, -0.15) is 0 Å². The lowest BCUT2D eigenvalue weighted by atomic mass is 10.1. The third kappa shape index (κ3) is 7.22. The van der Waals surface area contributed by atoms with E-state index in [0.717, 1.165) is 10.4 Å². The van der Waals surface area contributed by atoms with E-state index in [2.05, 4.69) is 112 Å². The fourth-order valence-electron chi connectivity index (χ4n) is 5.22. The summed E-state index contributed by atoms with van der Waals surface area (Å²) < 4.78 is 27.2. The van der Waals surface area contributed by atoms with Gasteiger partial charge in [-0.1, -0.05) is 115 Å². The van der Waals surface area contributed by atoms with Crippen molar-refractivity contribution in [2.24, 2.45) is 0 Å². The molecule has 0 aliphatic rings. The van der Waals surface area contributed by atoms with E-state index in [1.807, 2.05) is 42.5 Å². The van der Waals surface area contributed by atoms with E-state index >= 15 is 0 Å². The standard InChI is InChI=1S/C31H40O4Si4/c1-32-39(30-19-13-9-14-20-30,31-21-15-10-16-22-31)35-38(6,7)34-37(4,5)33-36(2,3)29-25-23-28(24-26-29)27-17-11-8-12-18-27/h8-26H,1-7H3. The molecular formula is C31H40O4Si4. The number of rotatable bonds is 11.